The Morgan fingerprint density at radius 1 is 0.939 bits per heavy atom. The molecule has 0 radical (unpaired) electrons. The highest BCUT2D eigenvalue weighted by atomic mass is 16.5. The Bertz CT molecular complexity index is 1110. The number of para-hydroxylation sites is 2. The first-order valence-corrected chi connectivity index (χ1v) is 11.5. The predicted molar refractivity (Wildman–Crippen MR) is 129 cm³/mol. The van der Waals surface area contributed by atoms with E-state index in [1.54, 1.807) is 12.1 Å². The van der Waals surface area contributed by atoms with Gasteiger partial charge in [0.1, 0.15) is 11.4 Å². The maximum Gasteiger partial charge on any atom is 0.282 e. The molecule has 2 aliphatic heterocycles. The minimum Gasteiger partial charge on any atom is -0.489 e. The van der Waals surface area contributed by atoms with Gasteiger partial charge < -0.3 is 14.4 Å². The quantitative estimate of drug-likeness (QED) is 0.631. The number of hydrogen-bond acceptors (Lipinski definition) is 5. The van der Waals surface area contributed by atoms with Crippen LogP contribution in [0.5, 0.6) is 5.75 Å². The van der Waals surface area contributed by atoms with Crippen molar-refractivity contribution in [3.05, 3.63) is 64.9 Å². The third-order valence-corrected chi connectivity index (χ3v) is 6.06. The molecule has 0 bridgehead atoms. The van der Waals surface area contributed by atoms with Crippen LogP contribution in [0.2, 0.25) is 0 Å². The lowest BCUT2D eigenvalue weighted by molar-refractivity contribution is -0.121. The molecular formula is C27H32N2O4. The second-order valence-electron chi connectivity index (χ2n) is 9.26. The highest BCUT2D eigenvalue weighted by Gasteiger charge is 2.44. The number of carbonyl (C=O) groups excluding carboxylic acids is 2. The summed E-state index contributed by atoms with van der Waals surface area (Å²) in [6.45, 7) is 13.0. The number of hydrogen-bond donors (Lipinski definition) is 0. The number of morpholine rings is 1. The van der Waals surface area contributed by atoms with Crippen molar-refractivity contribution in [2.75, 3.05) is 18.0 Å². The predicted octanol–water partition coefficient (Wildman–Crippen LogP) is 4.48. The molecule has 0 N–H and O–H groups in total. The molecule has 4 rings (SSSR count). The topological polar surface area (TPSA) is 59.1 Å². The molecule has 1 fully saturated rings. The molecular weight excluding hydrogens is 416 g/mol. The van der Waals surface area contributed by atoms with Gasteiger partial charge in [0.2, 0.25) is 0 Å². The SMILES string of the molecule is Cc1ccc(C2=C(N3CC(C)OC(C)C3)C(=O)N(c3ccccc3OC(C)C)C2=O)cc1C. The molecule has 1 saturated heterocycles. The summed E-state index contributed by atoms with van der Waals surface area (Å²) in [7, 11) is 0. The van der Waals surface area contributed by atoms with E-state index in [0.29, 0.717) is 35.8 Å². The number of benzene rings is 2. The van der Waals surface area contributed by atoms with Gasteiger partial charge in [-0.2, -0.15) is 0 Å². The van der Waals surface area contributed by atoms with Gasteiger partial charge in [0.05, 0.1) is 29.6 Å². The van der Waals surface area contributed by atoms with Crippen LogP contribution < -0.4 is 9.64 Å². The van der Waals surface area contributed by atoms with Crippen LogP contribution in [0.25, 0.3) is 5.57 Å². The summed E-state index contributed by atoms with van der Waals surface area (Å²) in [4.78, 5) is 31.1. The fraction of sp³-hybridized carbons (Fsp3) is 0.407. The van der Waals surface area contributed by atoms with Gasteiger partial charge in [-0.3, -0.25) is 9.59 Å². The van der Waals surface area contributed by atoms with Crippen molar-refractivity contribution in [3.63, 3.8) is 0 Å². The molecule has 2 atom stereocenters. The molecule has 0 aromatic heterocycles. The number of anilines is 1. The molecule has 2 unspecified atom stereocenters. The van der Waals surface area contributed by atoms with E-state index in [-0.39, 0.29) is 30.1 Å². The molecule has 2 aromatic rings. The van der Waals surface area contributed by atoms with E-state index in [1.165, 1.54) is 4.90 Å². The number of nitrogens with zero attached hydrogens (tertiary/aromatic N) is 2. The number of rotatable bonds is 5. The van der Waals surface area contributed by atoms with Crippen molar-refractivity contribution in [1.82, 2.24) is 4.90 Å². The minimum absolute atomic E-state index is 0.0456. The zero-order valence-electron chi connectivity index (χ0n) is 20.2. The maximum atomic E-state index is 13.9. The van der Waals surface area contributed by atoms with E-state index in [9.17, 15) is 9.59 Å². The van der Waals surface area contributed by atoms with Crippen molar-refractivity contribution < 1.29 is 19.1 Å². The fourth-order valence-electron chi connectivity index (χ4n) is 4.54. The molecule has 2 aromatic carbocycles. The van der Waals surface area contributed by atoms with Crippen LogP contribution in [-0.2, 0) is 14.3 Å². The lowest BCUT2D eigenvalue weighted by Crippen LogP contribution is -2.47. The molecule has 2 amide bonds. The third kappa shape index (κ3) is 4.40. The maximum absolute atomic E-state index is 13.9. The Hall–Kier alpha value is -3.12. The summed E-state index contributed by atoms with van der Waals surface area (Å²) >= 11 is 0. The van der Waals surface area contributed by atoms with Crippen molar-refractivity contribution in [3.8, 4) is 5.75 Å². The lowest BCUT2D eigenvalue weighted by Gasteiger charge is -2.37. The smallest absolute Gasteiger partial charge is 0.282 e. The molecule has 0 spiro atoms. The zero-order valence-corrected chi connectivity index (χ0v) is 20.2. The van der Waals surface area contributed by atoms with Gasteiger partial charge in [0, 0.05) is 13.1 Å². The summed E-state index contributed by atoms with van der Waals surface area (Å²) in [5.41, 5.74) is 4.30. The van der Waals surface area contributed by atoms with E-state index in [1.807, 2.05) is 76.8 Å². The Labute approximate surface area is 195 Å². The number of ether oxygens (including phenoxy) is 2. The first-order chi connectivity index (χ1) is 15.7. The number of aryl methyl sites for hydroxylation is 2. The van der Waals surface area contributed by atoms with Crippen molar-refractivity contribution in [2.45, 2.75) is 59.9 Å². The molecule has 6 nitrogen and oxygen atoms in total. The molecule has 2 aliphatic rings. The van der Waals surface area contributed by atoms with Crippen LogP contribution in [0, 0.1) is 13.8 Å². The van der Waals surface area contributed by atoms with Crippen LogP contribution in [0.4, 0.5) is 5.69 Å². The number of amides is 2. The summed E-state index contributed by atoms with van der Waals surface area (Å²) in [6, 6.07) is 13.1. The molecule has 0 saturated carbocycles. The average Bonchev–Trinajstić information content (AvgIpc) is 2.99. The summed E-state index contributed by atoms with van der Waals surface area (Å²) in [5, 5.41) is 0. The second kappa shape index (κ2) is 9.02. The van der Waals surface area contributed by atoms with Crippen LogP contribution in [0.3, 0.4) is 0 Å². The summed E-state index contributed by atoms with van der Waals surface area (Å²) < 4.78 is 11.8. The Balaban J connectivity index is 1.86. The summed E-state index contributed by atoms with van der Waals surface area (Å²) in [5.74, 6) is -0.141. The van der Waals surface area contributed by atoms with Crippen molar-refractivity contribution in [2.24, 2.45) is 0 Å². The third-order valence-electron chi connectivity index (χ3n) is 6.06. The standard InChI is InChI=1S/C27H32N2O4/c1-16(2)32-23-10-8-7-9-22(23)29-26(30)24(21-12-11-17(3)18(4)13-21)25(27(29)31)28-14-19(5)33-20(6)15-28/h7-13,16,19-20H,14-15H2,1-6H3. The van der Waals surface area contributed by atoms with E-state index in [4.69, 9.17) is 9.47 Å². The van der Waals surface area contributed by atoms with Gasteiger partial charge in [0.15, 0.2) is 0 Å². The number of imide groups is 1. The normalized spacial score (nSPS) is 21.4. The van der Waals surface area contributed by atoms with Gasteiger partial charge in [-0.05, 0) is 70.4 Å². The van der Waals surface area contributed by atoms with Crippen LogP contribution in [0.1, 0.15) is 44.4 Å². The largest absolute Gasteiger partial charge is 0.489 e. The first kappa shape index (κ1) is 23.1. The monoisotopic (exact) mass is 448 g/mol. The average molecular weight is 449 g/mol. The van der Waals surface area contributed by atoms with Crippen LogP contribution in [0.15, 0.2) is 48.2 Å². The highest BCUT2D eigenvalue weighted by Crippen LogP contribution is 2.39. The lowest BCUT2D eigenvalue weighted by atomic mass is 9.99. The Morgan fingerprint density at radius 3 is 2.24 bits per heavy atom. The van der Waals surface area contributed by atoms with E-state index in [0.717, 1.165) is 16.7 Å². The van der Waals surface area contributed by atoms with E-state index >= 15 is 0 Å². The molecule has 6 heteroatoms. The first-order valence-electron chi connectivity index (χ1n) is 11.5. The van der Waals surface area contributed by atoms with Crippen LogP contribution >= 0.6 is 0 Å². The van der Waals surface area contributed by atoms with E-state index < -0.39 is 0 Å². The highest BCUT2D eigenvalue weighted by molar-refractivity contribution is 6.45. The summed E-state index contributed by atoms with van der Waals surface area (Å²) in [6.07, 6.45) is -0.182. The van der Waals surface area contributed by atoms with Gasteiger partial charge in [-0.1, -0.05) is 30.3 Å². The second-order valence-corrected chi connectivity index (χ2v) is 9.26. The zero-order chi connectivity index (χ0) is 23.9. The van der Waals surface area contributed by atoms with E-state index in [2.05, 4.69) is 0 Å². The van der Waals surface area contributed by atoms with Crippen molar-refractivity contribution in [1.29, 1.82) is 0 Å². The van der Waals surface area contributed by atoms with Gasteiger partial charge >= 0.3 is 0 Å². The fourth-order valence-corrected chi connectivity index (χ4v) is 4.54. The Kier molecular flexibility index (Phi) is 6.30. The van der Waals surface area contributed by atoms with Gasteiger partial charge in [-0.15, -0.1) is 0 Å². The van der Waals surface area contributed by atoms with Crippen molar-refractivity contribution >= 4 is 23.1 Å². The molecule has 174 valence electrons. The Morgan fingerprint density at radius 2 is 1.61 bits per heavy atom. The van der Waals surface area contributed by atoms with Gasteiger partial charge in [0.25, 0.3) is 11.8 Å². The van der Waals surface area contributed by atoms with Gasteiger partial charge in [-0.25, -0.2) is 4.90 Å². The van der Waals surface area contributed by atoms with Crippen LogP contribution in [-0.4, -0.2) is 48.1 Å². The molecule has 0 aliphatic carbocycles. The number of carbonyl (C=O) groups is 2. The molecule has 33 heavy (non-hydrogen) atoms. The minimum atomic E-state index is -0.329. The molecule has 2 heterocycles.